The summed E-state index contributed by atoms with van der Waals surface area (Å²) in [5.41, 5.74) is 1.09. The predicted octanol–water partition coefficient (Wildman–Crippen LogP) is 2.58. The lowest BCUT2D eigenvalue weighted by Gasteiger charge is -2.32. The van der Waals surface area contributed by atoms with Crippen LogP contribution in [0.1, 0.15) is 50.1 Å². The van der Waals surface area contributed by atoms with Crippen LogP contribution in [0, 0.1) is 5.92 Å². The van der Waals surface area contributed by atoms with E-state index in [1.807, 2.05) is 18.2 Å². The van der Waals surface area contributed by atoms with Crippen molar-refractivity contribution in [2.24, 2.45) is 5.92 Å². The highest BCUT2D eigenvalue weighted by molar-refractivity contribution is 6.31. The molecule has 164 valence electrons. The van der Waals surface area contributed by atoms with Gasteiger partial charge in [0.1, 0.15) is 0 Å². The van der Waals surface area contributed by atoms with E-state index < -0.39 is 0 Å². The van der Waals surface area contributed by atoms with Gasteiger partial charge in [0.05, 0.1) is 12.6 Å². The Kier molecular flexibility index (Phi) is 7.28. The van der Waals surface area contributed by atoms with Crippen molar-refractivity contribution < 1.29 is 9.59 Å². The molecule has 4 rings (SSSR count). The molecule has 2 amide bonds. The fourth-order valence-corrected chi connectivity index (χ4v) is 4.87. The molecule has 0 spiro atoms. The lowest BCUT2D eigenvalue weighted by atomic mass is 10.0. The molecule has 1 aliphatic carbocycles. The van der Waals surface area contributed by atoms with E-state index in [4.69, 9.17) is 11.6 Å². The summed E-state index contributed by atoms with van der Waals surface area (Å²) in [7, 11) is 0. The van der Waals surface area contributed by atoms with Gasteiger partial charge < -0.3 is 10.6 Å². The predicted molar refractivity (Wildman–Crippen MR) is 118 cm³/mol. The molecule has 30 heavy (non-hydrogen) atoms. The number of amides is 2. The minimum atomic E-state index is 0.0618. The molecule has 6 nitrogen and oxygen atoms in total. The summed E-state index contributed by atoms with van der Waals surface area (Å²) in [6.07, 6.45) is 6.31. The first kappa shape index (κ1) is 21.6. The molecular formula is C23H33ClN4O2. The Balaban J connectivity index is 1.24. The number of carbonyl (C=O) groups excluding carboxylic acids is 2. The first-order valence-corrected chi connectivity index (χ1v) is 11.8. The lowest BCUT2D eigenvalue weighted by molar-refractivity contribution is -0.125. The average Bonchev–Trinajstić information content (AvgIpc) is 3.46. The number of nitrogens with one attached hydrogen (secondary N) is 2. The van der Waals surface area contributed by atoms with E-state index >= 15 is 0 Å². The zero-order chi connectivity index (χ0) is 20.9. The van der Waals surface area contributed by atoms with Crippen molar-refractivity contribution in [3.05, 3.63) is 34.9 Å². The second kappa shape index (κ2) is 10.1. The standard InChI is InChI=1S/C23H33ClN4O2/c24-20-6-2-1-5-19(20)21(28-11-3-4-12-28)15-25-22(29)16-27-13-9-18(10-14-27)26-23(30)17-7-8-17/h1-2,5-6,17-18,21H,3-4,7-16H2,(H,25,29)(H,26,30)/t21-/m1/s1. The summed E-state index contributed by atoms with van der Waals surface area (Å²) < 4.78 is 0. The molecule has 0 unspecified atom stereocenters. The van der Waals surface area contributed by atoms with Gasteiger partial charge in [0.15, 0.2) is 0 Å². The average molecular weight is 433 g/mol. The summed E-state index contributed by atoms with van der Waals surface area (Å²) in [6, 6.07) is 8.33. The van der Waals surface area contributed by atoms with Crippen LogP contribution in [0.4, 0.5) is 0 Å². The van der Waals surface area contributed by atoms with Crippen LogP contribution in [0.15, 0.2) is 24.3 Å². The second-order valence-corrected chi connectivity index (χ2v) is 9.32. The molecule has 3 fully saturated rings. The van der Waals surface area contributed by atoms with Gasteiger partial charge >= 0.3 is 0 Å². The SMILES string of the molecule is O=C(CN1CCC(NC(=O)C2CC2)CC1)NC[C@H](c1ccccc1Cl)N1CCCC1. The Morgan fingerprint density at radius 1 is 1.03 bits per heavy atom. The van der Waals surface area contributed by atoms with Crippen molar-refractivity contribution in [2.75, 3.05) is 39.3 Å². The van der Waals surface area contributed by atoms with Gasteiger partial charge in [-0.2, -0.15) is 0 Å². The zero-order valence-electron chi connectivity index (χ0n) is 17.6. The van der Waals surface area contributed by atoms with Crippen LogP contribution in [0.5, 0.6) is 0 Å². The van der Waals surface area contributed by atoms with Gasteiger partial charge in [0, 0.05) is 36.6 Å². The van der Waals surface area contributed by atoms with E-state index in [-0.39, 0.29) is 29.8 Å². The van der Waals surface area contributed by atoms with Crippen LogP contribution in [-0.2, 0) is 9.59 Å². The maximum Gasteiger partial charge on any atom is 0.234 e. The van der Waals surface area contributed by atoms with Crippen molar-refractivity contribution in [1.29, 1.82) is 0 Å². The van der Waals surface area contributed by atoms with Gasteiger partial charge in [-0.1, -0.05) is 29.8 Å². The van der Waals surface area contributed by atoms with E-state index in [2.05, 4.69) is 26.5 Å². The lowest BCUT2D eigenvalue weighted by Crippen LogP contribution is -2.48. The van der Waals surface area contributed by atoms with Crippen molar-refractivity contribution in [3.63, 3.8) is 0 Å². The number of hydrogen-bond donors (Lipinski definition) is 2. The first-order valence-electron chi connectivity index (χ1n) is 11.4. The molecule has 1 saturated carbocycles. The third-order valence-corrected chi connectivity index (χ3v) is 6.93. The molecule has 2 N–H and O–H groups in total. The fourth-order valence-electron chi connectivity index (χ4n) is 4.60. The minimum absolute atomic E-state index is 0.0618. The fraction of sp³-hybridized carbons (Fsp3) is 0.652. The molecule has 0 bridgehead atoms. The number of likely N-dealkylation sites (tertiary alicyclic amines) is 2. The minimum Gasteiger partial charge on any atom is -0.353 e. The molecule has 3 aliphatic rings. The molecule has 2 heterocycles. The second-order valence-electron chi connectivity index (χ2n) is 8.92. The highest BCUT2D eigenvalue weighted by Gasteiger charge is 2.32. The van der Waals surface area contributed by atoms with E-state index in [0.29, 0.717) is 13.1 Å². The Morgan fingerprint density at radius 3 is 2.40 bits per heavy atom. The molecule has 1 aromatic carbocycles. The van der Waals surface area contributed by atoms with Crippen LogP contribution in [0.3, 0.4) is 0 Å². The Labute approximate surface area is 184 Å². The van der Waals surface area contributed by atoms with Gasteiger partial charge in [-0.25, -0.2) is 0 Å². The monoisotopic (exact) mass is 432 g/mol. The van der Waals surface area contributed by atoms with Gasteiger partial charge in [-0.3, -0.25) is 19.4 Å². The molecule has 0 radical (unpaired) electrons. The topological polar surface area (TPSA) is 64.7 Å². The van der Waals surface area contributed by atoms with E-state index in [9.17, 15) is 9.59 Å². The Bertz CT molecular complexity index is 740. The molecule has 2 saturated heterocycles. The molecule has 1 atom stereocenters. The van der Waals surface area contributed by atoms with Crippen LogP contribution in [0.2, 0.25) is 5.02 Å². The van der Waals surface area contributed by atoms with Gasteiger partial charge in [0.2, 0.25) is 11.8 Å². The summed E-state index contributed by atoms with van der Waals surface area (Å²) in [5.74, 6) is 0.543. The van der Waals surface area contributed by atoms with Crippen molar-refractivity contribution in [3.8, 4) is 0 Å². The molecule has 1 aromatic rings. The van der Waals surface area contributed by atoms with Crippen LogP contribution in [0.25, 0.3) is 0 Å². The third kappa shape index (κ3) is 5.74. The highest BCUT2D eigenvalue weighted by atomic mass is 35.5. The number of hydrogen-bond acceptors (Lipinski definition) is 4. The van der Waals surface area contributed by atoms with Crippen LogP contribution < -0.4 is 10.6 Å². The van der Waals surface area contributed by atoms with E-state index in [0.717, 1.165) is 62.4 Å². The normalized spacial score (nSPS) is 22.0. The summed E-state index contributed by atoms with van der Waals surface area (Å²) in [4.78, 5) is 29.2. The number of nitrogens with zero attached hydrogens (tertiary/aromatic N) is 2. The number of carbonyl (C=O) groups is 2. The van der Waals surface area contributed by atoms with Gasteiger partial charge in [-0.15, -0.1) is 0 Å². The summed E-state index contributed by atoms with van der Waals surface area (Å²) >= 11 is 6.46. The Hall–Kier alpha value is -1.63. The quantitative estimate of drug-likeness (QED) is 0.662. The first-order chi connectivity index (χ1) is 14.6. The van der Waals surface area contributed by atoms with E-state index in [1.54, 1.807) is 0 Å². The highest BCUT2D eigenvalue weighted by Crippen LogP contribution is 2.30. The molecule has 2 aliphatic heterocycles. The largest absolute Gasteiger partial charge is 0.353 e. The molecule has 7 heteroatoms. The number of halogens is 1. The Morgan fingerprint density at radius 2 is 1.73 bits per heavy atom. The summed E-state index contributed by atoms with van der Waals surface area (Å²) in [5, 5.41) is 7.08. The maximum atomic E-state index is 12.6. The van der Waals surface area contributed by atoms with Crippen LogP contribution in [-0.4, -0.2) is 66.9 Å². The number of piperidine rings is 1. The zero-order valence-corrected chi connectivity index (χ0v) is 18.4. The van der Waals surface area contributed by atoms with E-state index in [1.165, 1.54) is 12.8 Å². The smallest absolute Gasteiger partial charge is 0.234 e. The van der Waals surface area contributed by atoms with Crippen LogP contribution >= 0.6 is 11.6 Å². The van der Waals surface area contributed by atoms with Crippen molar-refractivity contribution in [2.45, 2.75) is 50.6 Å². The van der Waals surface area contributed by atoms with Crippen molar-refractivity contribution >= 4 is 23.4 Å². The number of rotatable bonds is 8. The third-order valence-electron chi connectivity index (χ3n) is 6.59. The van der Waals surface area contributed by atoms with Crippen molar-refractivity contribution in [1.82, 2.24) is 20.4 Å². The molecule has 0 aromatic heterocycles. The number of benzene rings is 1. The maximum absolute atomic E-state index is 12.6. The van der Waals surface area contributed by atoms with Gasteiger partial charge in [0.25, 0.3) is 0 Å². The van der Waals surface area contributed by atoms with Gasteiger partial charge in [-0.05, 0) is 63.2 Å². The summed E-state index contributed by atoms with van der Waals surface area (Å²) in [6.45, 7) is 4.79. The molecular weight excluding hydrogens is 400 g/mol.